The van der Waals surface area contributed by atoms with E-state index in [1.165, 1.54) is 32.2 Å². The van der Waals surface area contributed by atoms with Gasteiger partial charge in [-0.2, -0.15) is 0 Å². The molecule has 2 atom stereocenters. The predicted octanol–water partition coefficient (Wildman–Crippen LogP) is 3.69. The predicted molar refractivity (Wildman–Crippen MR) is 100 cm³/mol. The Bertz CT molecular complexity index is 562. The van der Waals surface area contributed by atoms with Crippen LogP contribution >= 0.6 is 0 Å². The molecule has 1 aromatic rings. The molecule has 25 heavy (non-hydrogen) atoms. The molecule has 4 heteroatoms. The molecule has 1 aromatic heterocycles. The molecule has 3 heterocycles. The second-order valence-electron chi connectivity index (χ2n) is 8.22. The first-order chi connectivity index (χ1) is 12.3. The molecule has 0 unspecified atom stereocenters. The lowest BCUT2D eigenvalue weighted by Crippen LogP contribution is -2.50. The topological polar surface area (TPSA) is 28.5 Å². The number of amides is 1. The molecule has 138 valence electrons. The number of nitrogens with zero attached hydrogens (tertiary/aromatic N) is 3. The summed E-state index contributed by atoms with van der Waals surface area (Å²) in [6.07, 6.45) is 13.8. The fourth-order valence-corrected chi connectivity index (χ4v) is 5.59. The van der Waals surface area contributed by atoms with E-state index in [1.807, 2.05) is 0 Å². The third-order valence-corrected chi connectivity index (χ3v) is 6.94. The van der Waals surface area contributed by atoms with Crippen LogP contribution < -0.4 is 0 Å². The van der Waals surface area contributed by atoms with Crippen LogP contribution in [-0.4, -0.2) is 52.0 Å². The monoisotopic (exact) mass is 343 g/mol. The van der Waals surface area contributed by atoms with Gasteiger partial charge in [-0.05, 0) is 76.6 Å². The van der Waals surface area contributed by atoms with Crippen molar-refractivity contribution in [1.82, 2.24) is 14.4 Å². The van der Waals surface area contributed by atoms with Crippen LogP contribution in [0.3, 0.4) is 0 Å². The molecule has 2 aliphatic heterocycles. The molecule has 4 nitrogen and oxygen atoms in total. The van der Waals surface area contributed by atoms with E-state index in [9.17, 15) is 4.79 Å². The fourth-order valence-electron chi connectivity index (χ4n) is 5.59. The first kappa shape index (κ1) is 17.1. The number of aromatic nitrogens is 1. The summed E-state index contributed by atoms with van der Waals surface area (Å²) >= 11 is 0. The van der Waals surface area contributed by atoms with E-state index < -0.39 is 0 Å². The van der Waals surface area contributed by atoms with E-state index in [2.05, 4.69) is 45.8 Å². The fraction of sp³-hybridized carbons (Fsp3) is 0.762. The van der Waals surface area contributed by atoms with Crippen LogP contribution in [0.15, 0.2) is 24.5 Å². The Kier molecular flexibility index (Phi) is 5.16. The molecule has 1 saturated carbocycles. The molecule has 1 aliphatic carbocycles. The molecule has 0 aromatic carbocycles. The van der Waals surface area contributed by atoms with Crippen molar-refractivity contribution < 1.29 is 4.79 Å². The molecule has 1 amide bonds. The summed E-state index contributed by atoms with van der Waals surface area (Å²) in [6, 6.07) is 5.91. The Morgan fingerprint density at radius 1 is 0.920 bits per heavy atom. The van der Waals surface area contributed by atoms with E-state index >= 15 is 0 Å². The van der Waals surface area contributed by atoms with Gasteiger partial charge in [0, 0.05) is 43.0 Å². The Balaban J connectivity index is 1.37. The Labute approximate surface area is 152 Å². The molecule has 2 saturated heterocycles. The van der Waals surface area contributed by atoms with Crippen LogP contribution in [0.1, 0.15) is 64.3 Å². The highest BCUT2D eigenvalue weighted by atomic mass is 16.2. The lowest BCUT2D eigenvalue weighted by Gasteiger charge is -2.37. The third kappa shape index (κ3) is 3.38. The van der Waals surface area contributed by atoms with Crippen molar-refractivity contribution in [2.75, 3.05) is 19.6 Å². The van der Waals surface area contributed by atoms with Gasteiger partial charge in [-0.25, -0.2) is 0 Å². The molecule has 0 bridgehead atoms. The van der Waals surface area contributed by atoms with E-state index in [-0.39, 0.29) is 5.92 Å². The maximum atomic E-state index is 13.3. The minimum atomic E-state index is 0.267. The number of carbonyl (C=O) groups is 1. The third-order valence-electron chi connectivity index (χ3n) is 6.94. The van der Waals surface area contributed by atoms with Crippen molar-refractivity contribution >= 4 is 5.91 Å². The van der Waals surface area contributed by atoms with Crippen LogP contribution in [-0.2, 0) is 4.79 Å². The largest absolute Gasteiger partial charge is 0.351 e. The lowest BCUT2D eigenvalue weighted by molar-refractivity contribution is -0.138. The number of carbonyl (C=O) groups excluding carboxylic acids is 1. The SMILES string of the molecule is CCN1CCC[C@@H]1[C@@H]1CCCN1C(=O)C1CCC(n2cccc2)CC1. The summed E-state index contributed by atoms with van der Waals surface area (Å²) in [5.41, 5.74) is 0. The maximum Gasteiger partial charge on any atom is 0.225 e. The van der Waals surface area contributed by atoms with Gasteiger partial charge in [-0.1, -0.05) is 6.92 Å². The van der Waals surface area contributed by atoms with Crippen LogP contribution in [0.2, 0.25) is 0 Å². The van der Waals surface area contributed by atoms with Crippen molar-refractivity contribution in [2.45, 2.75) is 76.4 Å². The zero-order valence-electron chi connectivity index (χ0n) is 15.6. The highest BCUT2D eigenvalue weighted by Crippen LogP contribution is 2.36. The van der Waals surface area contributed by atoms with Gasteiger partial charge in [-0.3, -0.25) is 9.69 Å². The number of rotatable bonds is 4. The molecule has 0 spiro atoms. The summed E-state index contributed by atoms with van der Waals surface area (Å²) < 4.78 is 2.33. The van der Waals surface area contributed by atoms with Crippen molar-refractivity contribution in [3.05, 3.63) is 24.5 Å². The van der Waals surface area contributed by atoms with Gasteiger partial charge in [-0.15, -0.1) is 0 Å². The normalized spacial score (nSPS) is 33.9. The minimum absolute atomic E-state index is 0.267. The highest BCUT2D eigenvalue weighted by Gasteiger charge is 2.41. The molecule has 4 rings (SSSR count). The highest BCUT2D eigenvalue weighted by molar-refractivity contribution is 5.79. The van der Waals surface area contributed by atoms with Crippen molar-refractivity contribution in [3.63, 3.8) is 0 Å². The average molecular weight is 344 g/mol. The van der Waals surface area contributed by atoms with Crippen LogP contribution in [0.4, 0.5) is 0 Å². The molecule has 0 radical (unpaired) electrons. The van der Waals surface area contributed by atoms with Gasteiger partial charge in [0.15, 0.2) is 0 Å². The van der Waals surface area contributed by atoms with E-state index in [4.69, 9.17) is 0 Å². The Hall–Kier alpha value is -1.29. The first-order valence-electron chi connectivity index (χ1n) is 10.4. The minimum Gasteiger partial charge on any atom is -0.351 e. The lowest BCUT2D eigenvalue weighted by atomic mass is 9.84. The van der Waals surface area contributed by atoms with E-state index in [0.717, 1.165) is 38.8 Å². The van der Waals surface area contributed by atoms with Crippen LogP contribution in [0.25, 0.3) is 0 Å². The second-order valence-corrected chi connectivity index (χ2v) is 8.22. The Morgan fingerprint density at radius 2 is 1.60 bits per heavy atom. The summed E-state index contributed by atoms with van der Waals surface area (Å²) in [5, 5.41) is 0. The zero-order valence-corrected chi connectivity index (χ0v) is 15.6. The van der Waals surface area contributed by atoms with Gasteiger partial charge in [0.2, 0.25) is 5.91 Å². The average Bonchev–Trinajstić information content (AvgIpc) is 3.41. The van der Waals surface area contributed by atoms with Gasteiger partial charge in [0.05, 0.1) is 0 Å². The summed E-state index contributed by atoms with van der Waals surface area (Å²) in [7, 11) is 0. The van der Waals surface area contributed by atoms with Crippen LogP contribution in [0, 0.1) is 5.92 Å². The number of likely N-dealkylation sites (tertiary alicyclic amines) is 2. The number of likely N-dealkylation sites (N-methyl/N-ethyl adjacent to an activating group) is 1. The van der Waals surface area contributed by atoms with Crippen molar-refractivity contribution in [2.24, 2.45) is 5.92 Å². The maximum absolute atomic E-state index is 13.3. The molecular weight excluding hydrogens is 310 g/mol. The second kappa shape index (κ2) is 7.53. The standard InChI is InChI=1S/C21H33N3O/c1-2-22-15-5-7-19(22)20-8-6-16-24(20)21(25)17-9-11-18(12-10-17)23-13-3-4-14-23/h3-4,13-14,17-20H,2,5-12,15-16H2,1H3/t17?,18?,19-,20+/m1/s1. The number of hydrogen-bond acceptors (Lipinski definition) is 2. The Morgan fingerprint density at radius 3 is 2.32 bits per heavy atom. The van der Waals surface area contributed by atoms with Crippen LogP contribution in [0.5, 0.6) is 0 Å². The van der Waals surface area contributed by atoms with E-state index in [1.54, 1.807) is 0 Å². The van der Waals surface area contributed by atoms with Crippen molar-refractivity contribution in [1.29, 1.82) is 0 Å². The molecular formula is C21H33N3O. The van der Waals surface area contributed by atoms with Gasteiger partial charge >= 0.3 is 0 Å². The van der Waals surface area contributed by atoms with Gasteiger partial charge in [0.25, 0.3) is 0 Å². The smallest absolute Gasteiger partial charge is 0.225 e. The van der Waals surface area contributed by atoms with Gasteiger partial charge < -0.3 is 9.47 Å². The summed E-state index contributed by atoms with van der Waals surface area (Å²) in [5.74, 6) is 0.736. The molecule has 3 fully saturated rings. The first-order valence-corrected chi connectivity index (χ1v) is 10.4. The van der Waals surface area contributed by atoms with Gasteiger partial charge in [0.1, 0.15) is 0 Å². The molecule has 3 aliphatic rings. The summed E-state index contributed by atoms with van der Waals surface area (Å²) in [4.78, 5) is 18.2. The summed E-state index contributed by atoms with van der Waals surface area (Å²) in [6.45, 7) is 5.61. The van der Waals surface area contributed by atoms with Crippen molar-refractivity contribution in [3.8, 4) is 0 Å². The number of hydrogen-bond donors (Lipinski definition) is 0. The quantitative estimate of drug-likeness (QED) is 0.834. The van der Waals surface area contributed by atoms with E-state index in [0.29, 0.717) is 24.0 Å². The zero-order chi connectivity index (χ0) is 17.2. The molecule has 0 N–H and O–H groups in total.